The molecule has 2 atom stereocenters. The van der Waals surface area contributed by atoms with Crippen LogP contribution in [-0.4, -0.2) is 52.7 Å². The third kappa shape index (κ3) is 4.40. The number of hydrogen-bond donors (Lipinski definition) is 2. The van der Waals surface area contributed by atoms with Crippen molar-refractivity contribution in [3.63, 3.8) is 0 Å². The molecule has 0 bridgehead atoms. The maximum atomic E-state index is 12.2. The summed E-state index contributed by atoms with van der Waals surface area (Å²) in [7, 11) is 0. The monoisotopic (exact) mass is 286 g/mol. The van der Waals surface area contributed by atoms with Crippen molar-refractivity contribution in [2.24, 2.45) is 5.92 Å². The molecule has 1 rings (SSSR count). The minimum atomic E-state index is -1.26. The number of nitrogens with one attached hydrogen (secondary N) is 1. The molecule has 1 fully saturated rings. The Morgan fingerprint density at radius 3 is 2.45 bits per heavy atom. The average molecular weight is 286 g/mol. The van der Waals surface area contributed by atoms with Gasteiger partial charge in [-0.3, -0.25) is 4.79 Å². The molecule has 1 aliphatic heterocycles. The van der Waals surface area contributed by atoms with Crippen molar-refractivity contribution < 1.29 is 24.2 Å². The first-order valence-electron chi connectivity index (χ1n) is 6.61. The largest absolute Gasteiger partial charge is 0.465 e. The van der Waals surface area contributed by atoms with Crippen LogP contribution in [0.4, 0.5) is 4.79 Å². The molecule has 7 heteroatoms. The lowest BCUT2D eigenvalue weighted by molar-refractivity contribution is -0.164. The highest BCUT2D eigenvalue weighted by Gasteiger charge is 2.41. The molecule has 1 saturated heterocycles. The highest BCUT2D eigenvalue weighted by molar-refractivity contribution is 5.88. The lowest BCUT2D eigenvalue weighted by atomic mass is 10.0. The van der Waals surface area contributed by atoms with Crippen LogP contribution in [0.2, 0.25) is 0 Å². The Morgan fingerprint density at radius 2 is 1.95 bits per heavy atom. The Morgan fingerprint density at radius 1 is 1.35 bits per heavy atom. The lowest BCUT2D eigenvalue weighted by Crippen LogP contribution is -2.48. The number of amides is 2. The van der Waals surface area contributed by atoms with E-state index >= 15 is 0 Å². The molecule has 0 aromatic rings. The normalized spacial score (nSPS) is 22.5. The number of carbonyl (C=O) groups excluding carboxylic acids is 2. The van der Waals surface area contributed by atoms with Gasteiger partial charge >= 0.3 is 12.1 Å². The Balaban J connectivity index is 2.73. The second-order valence-corrected chi connectivity index (χ2v) is 5.99. The van der Waals surface area contributed by atoms with Crippen LogP contribution >= 0.6 is 0 Å². The van der Waals surface area contributed by atoms with Crippen molar-refractivity contribution in [2.75, 3.05) is 13.1 Å². The van der Waals surface area contributed by atoms with Crippen LogP contribution in [0.15, 0.2) is 0 Å². The number of hydrogen-bond acceptors (Lipinski definition) is 4. The van der Waals surface area contributed by atoms with Crippen LogP contribution in [0.5, 0.6) is 0 Å². The first-order chi connectivity index (χ1) is 9.11. The highest BCUT2D eigenvalue weighted by atomic mass is 16.6. The van der Waals surface area contributed by atoms with Crippen molar-refractivity contribution in [3.05, 3.63) is 0 Å². The zero-order chi connectivity index (χ0) is 15.5. The van der Waals surface area contributed by atoms with Crippen LogP contribution in [-0.2, 0) is 14.3 Å². The van der Waals surface area contributed by atoms with Crippen LogP contribution < -0.4 is 5.32 Å². The summed E-state index contributed by atoms with van der Waals surface area (Å²) in [6.07, 6.45) is -0.567. The zero-order valence-electron chi connectivity index (χ0n) is 12.3. The molecule has 1 aliphatic rings. The standard InChI is InChI=1S/C13H22N2O5/c1-8-5-6-15(9(16)7-14-12(18)19)10(8)11(17)20-13(2,3)4/h8,10,14H,5-7H2,1-4H3,(H,18,19). The van der Waals surface area contributed by atoms with Gasteiger partial charge in [0.2, 0.25) is 5.91 Å². The molecule has 20 heavy (non-hydrogen) atoms. The summed E-state index contributed by atoms with van der Waals surface area (Å²) in [5.41, 5.74) is -0.618. The molecule has 2 amide bonds. The Kier molecular flexibility index (Phi) is 4.97. The van der Waals surface area contributed by atoms with Gasteiger partial charge in [0.05, 0.1) is 0 Å². The second kappa shape index (κ2) is 6.11. The molecular weight excluding hydrogens is 264 g/mol. The number of nitrogens with zero attached hydrogens (tertiary/aromatic N) is 1. The van der Waals surface area contributed by atoms with E-state index in [1.807, 2.05) is 12.2 Å². The van der Waals surface area contributed by atoms with Crippen molar-refractivity contribution in [2.45, 2.75) is 45.8 Å². The summed E-state index contributed by atoms with van der Waals surface area (Å²) in [5, 5.41) is 10.5. The molecule has 2 unspecified atom stereocenters. The summed E-state index contributed by atoms with van der Waals surface area (Å²) in [6, 6.07) is -0.641. The quantitative estimate of drug-likeness (QED) is 0.749. The fraction of sp³-hybridized carbons (Fsp3) is 0.769. The first kappa shape index (κ1) is 16.3. The van der Waals surface area contributed by atoms with Gasteiger partial charge in [0.15, 0.2) is 0 Å². The molecule has 0 aromatic heterocycles. The van der Waals surface area contributed by atoms with Gasteiger partial charge in [-0.25, -0.2) is 9.59 Å². The number of likely N-dealkylation sites (tertiary alicyclic amines) is 1. The minimum absolute atomic E-state index is 0.00127. The van der Waals surface area contributed by atoms with Crippen molar-refractivity contribution in [3.8, 4) is 0 Å². The molecule has 1 heterocycles. The van der Waals surface area contributed by atoms with Gasteiger partial charge in [-0.2, -0.15) is 0 Å². The van der Waals surface area contributed by atoms with E-state index in [1.165, 1.54) is 4.90 Å². The van der Waals surface area contributed by atoms with E-state index in [4.69, 9.17) is 9.84 Å². The maximum Gasteiger partial charge on any atom is 0.405 e. The predicted molar refractivity (Wildman–Crippen MR) is 71.2 cm³/mol. The van der Waals surface area contributed by atoms with Crippen molar-refractivity contribution in [1.82, 2.24) is 10.2 Å². The van der Waals surface area contributed by atoms with Crippen molar-refractivity contribution in [1.29, 1.82) is 0 Å². The van der Waals surface area contributed by atoms with E-state index < -0.39 is 29.6 Å². The molecule has 0 aliphatic carbocycles. The van der Waals surface area contributed by atoms with Crippen molar-refractivity contribution >= 4 is 18.0 Å². The van der Waals surface area contributed by atoms with E-state index in [-0.39, 0.29) is 12.5 Å². The summed E-state index contributed by atoms with van der Waals surface area (Å²) in [4.78, 5) is 35.9. The van der Waals surface area contributed by atoms with E-state index in [2.05, 4.69) is 0 Å². The van der Waals surface area contributed by atoms with Gasteiger partial charge in [-0.1, -0.05) is 6.92 Å². The van der Waals surface area contributed by atoms with E-state index in [9.17, 15) is 14.4 Å². The van der Waals surface area contributed by atoms with Crippen LogP contribution in [0, 0.1) is 5.92 Å². The van der Waals surface area contributed by atoms with E-state index in [0.29, 0.717) is 13.0 Å². The Labute approximate surface area is 118 Å². The topological polar surface area (TPSA) is 95.9 Å². The lowest BCUT2D eigenvalue weighted by Gasteiger charge is -2.29. The molecule has 0 saturated carbocycles. The molecular formula is C13H22N2O5. The summed E-state index contributed by atoms with van der Waals surface area (Å²) in [5.74, 6) is -0.850. The van der Waals surface area contributed by atoms with Crippen LogP contribution in [0.25, 0.3) is 0 Å². The Bertz CT molecular complexity index is 402. The minimum Gasteiger partial charge on any atom is -0.465 e. The Hall–Kier alpha value is -1.79. The predicted octanol–water partition coefficient (Wildman–Crippen LogP) is 0.833. The third-order valence-corrected chi connectivity index (χ3v) is 3.06. The number of carboxylic acid groups (broad SMARTS) is 1. The number of carbonyl (C=O) groups is 3. The fourth-order valence-corrected chi connectivity index (χ4v) is 2.20. The number of ether oxygens (including phenoxy) is 1. The molecule has 0 radical (unpaired) electrons. The molecule has 0 aromatic carbocycles. The zero-order valence-corrected chi connectivity index (χ0v) is 12.3. The smallest absolute Gasteiger partial charge is 0.405 e. The number of esters is 1. The van der Waals surface area contributed by atoms with Gasteiger partial charge < -0.3 is 20.1 Å². The highest BCUT2D eigenvalue weighted by Crippen LogP contribution is 2.26. The van der Waals surface area contributed by atoms with E-state index in [1.54, 1.807) is 20.8 Å². The molecule has 0 spiro atoms. The summed E-state index contributed by atoms with van der Waals surface area (Å²) in [6.45, 7) is 7.28. The summed E-state index contributed by atoms with van der Waals surface area (Å²) < 4.78 is 5.33. The van der Waals surface area contributed by atoms with E-state index in [0.717, 1.165) is 0 Å². The average Bonchev–Trinajstić information content (AvgIpc) is 2.65. The number of rotatable bonds is 3. The van der Waals surface area contributed by atoms with Crippen LogP contribution in [0.3, 0.4) is 0 Å². The third-order valence-electron chi connectivity index (χ3n) is 3.06. The van der Waals surface area contributed by atoms with Gasteiger partial charge in [0.1, 0.15) is 18.2 Å². The second-order valence-electron chi connectivity index (χ2n) is 5.99. The summed E-state index contributed by atoms with van der Waals surface area (Å²) >= 11 is 0. The first-order valence-corrected chi connectivity index (χ1v) is 6.61. The van der Waals surface area contributed by atoms with Gasteiger partial charge in [-0.05, 0) is 33.1 Å². The SMILES string of the molecule is CC1CCN(C(=O)CNC(=O)O)C1C(=O)OC(C)(C)C. The van der Waals surface area contributed by atoms with Crippen LogP contribution in [0.1, 0.15) is 34.1 Å². The van der Waals surface area contributed by atoms with Gasteiger partial charge in [0, 0.05) is 6.54 Å². The molecule has 114 valence electrons. The van der Waals surface area contributed by atoms with Gasteiger partial charge in [-0.15, -0.1) is 0 Å². The fourth-order valence-electron chi connectivity index (χ4n) is 2.20. The molecule has 7 nitrogen and oxygen atoms in total. The maximum absolute atomic E-state index is 12.2. The van der Waals surface area contributed by atoms with Gasteiger partial charge in [0.25, 0.3) is 0 Å². The molecule has 2 N–H and O–H groups in total.